The Morgan fingerprint density at radius 3 is 2.81 bits per heavy atom. The summed E-state index contributed by atoms with van der Waals surface area (Å²) in [5, 5.41) is 3.39. The molecule has 0 bridgehead atoms. The first-order chi connectivity index (χ1) is 13.1. The van der Waals surface area contributed by atoms with E-state index in [9.17, 15) is 9.18 Å². The fraction of sp³-hybridized carbons (Fsp3) is 0.429. The van der Waals surface area contributed by atoms with Gasteiger partial charge in [-0.15, -0.1) is 0 Å². The number of pyridine rings is 1. The highest BCUT2D eigenvalue weighted by molar-refractivity contribution is 6.06. The molecule has 1 aliphatic heterocycles. The highest BCUT2D eigenvalue weighted by atomic mass is 19.1. The lowest BCUT2D eigenvalue weighted by molar-refractivity contribution is 0.0984. The van der Waals surface area contributed by atoms with Gasteiger partial charge in [0.2, 0.25) is 0 Å². The molecule has 0 atom stereocenters. The van der Waals surface area contributed by atoms with Crippen LogP contribution in [0.4, 0.5) is 10.1 Å². The molecule has 1 aromatic carbocycles. The molecule has 0 saturated carbocycles. The molecule has 0 fully saturated rings. The van der Waals surface area contributed by atoms with Gasteiger partial charge in [0.25, 0.3) is 5.91 Å². The van der Waals surface area contributed by atoms with E-state index in [0.717, 1.165) is 37.3 Å². The maximum Gasteiger partial charge on any atom is 0.259 e. The normalized spacial score (nSPS) is 16.7. The molecular weight excluding hydrogens is 343 g/mol. The van der Waals surface area contributed by atoms with E-state index in [0.29, 0.717) is 24.7 Å². The van der Waals surface area contributed by atoms with Gasteiger partial charge >= 0.3 is 0 Å². The highest BCUT2D eigenvalue weighted by Crippen LogP contribution is 2.24. The minimum absolute atomic E-state index is 0.105. The van der Waals surface area contributed by atoms with Crippen molar-refractivity contribution in [1.29, 1.82) is 0 Å². The van der Waals surface area contributed by atoms with Gasteiger partial charge in [0, 0.05) is 56.8 Å². The van der Waals surface area contributed by atoms with Gasteiger partial charge in [0.05, 0.1) is 5.56 Å². The summed E-state index contributed by atoms with van der Waals surface area (Å²) in [6.45, 7) is 8.13. The van der Waals surface area contributed by atoms with Gasteiger partial charge in [-0.05, 0) is 56.2 Å². The third-order valence-electron chi connectivity index (χ3n) is 4.93. The molecular formula is C21H27FN4O. The van der Waals surface area contributed by atoms with Crippen molar-refractivity contribution < 1.29 is 9.18 Å². The number of hydrogen-bond acceptors (Lipinski definition) is 4. The predicted molar refractivity (Wildman–Crippen MR) is 105 cm³/mol. The number of amides is 1. The van der Waals surface area contributed by atoms with Gasteiger partial charge in [0.1, 0.15) is 5.82 Å². The number of benzene rings is 1. The fourth-order valence-corrected chi connectivity index (χ4v) is 3.44. The lowest BCUT2D eigenvalue weighted by Crippen LogP contribution is -2.38. The summed E-state index contributed by atoms with van der Waals surface area (Å²) >= 11 is 0. The van der Waals surface area contributed by atoms with Crippen molar-refractivity contribution in [2.75, 3.05) is 31.1 Å². The SMILES string of the molecule is CC(C)N1CCCN(C(=O)c2cccnc2)c2ccc(F)cc2CNCC1. The van der Waals surface area contributed by atoms with E-state index in [2.05, 4.69) is 29.0 Å². The lowest BCUT2D eigenvalue weighted by atomic mass is 10.1. The Bertz CT molecular complexity index is 766. The van der Waals surface area contributed by atoms with Gasteiger partial charge in [0.15, 0.2) is 0 Å². The van der Waals surface area contributed by atoms with Crippen LogP contribution in [0.3, 0.4) is 0 Å². The molecule has 1 aliphatic rings. The molecule has 3 rings (SSSR count). The van der Waals surface area contributed by atoms with Crippen molar-refractivity contribution >= 4 is 11.6 Å². The topological polar surface area (TPSA) is 48.5 Å². The van der Waals surface area contributed by atoms with E-state index in [-0.39, 0.29) is 11.7 Å². The first-order valence-electron chi connectivity index (χ1n) is 9.51. The molecule has 0 unspecified atom stereocenters. The maximum atomic E-state index is 13.9. The average Bonchev–Trinajstić information content (AvgIpc) is 2.71. The summed E-state index contributed by atoms with van der Waals surface area (Å²) in [6.07, 6.45) is 4.08. The Labute approximate surface area is 160 Å². The fourth-order valence-electron chi connectivity index (χ4n) is 3.44. The standard InChI is InChI=1S/C21H27FN4O/c1-16(2)25-10-4-11-26(21(27)17-5-3-8-23-14-17)20-7-6-19(22)13-18(20)15-24-9-12-25/h3,5-8,13-14,16,24H,4,9-12,15H2,1-2H3. The number of anilines is 1. The summed E-state index contributed by atoms with van der Waals surface area (Å²) in [5.41, 5.74) is 2.09. The van der Waals surface area contributed by atoms with Crippen LogP contribution in [0, 0.1) is 5.82 Å². The molecule has 5 nitrogen and oxygen atoms in total. The molecule has 0 saturated heterocycles. The van der Waals surface area contributed by atoms with Gasteiger partial charge in [-0.3, -0.25) is 14.7 Å². The molecule has 1 aromatic heterocycles. The van der Waals surface area contributed by atoms with Crippen molar-refractivity contribution in [3.63, 3.8) is 0 Å². The van der Waals surface area contributed by atoms with E-state index in [1.807, 2.05) is 0 Å². The van der Waals surface area contributed by atoms with E-state index in [4.69, 9.17) is 0 Å². The third kappa shape index (κ3) is 4.90. The molecule has 144 valence electrons. The van der Waals surface area contributed by atoms with Crippen LogP contribution in [0.15, 0.2) is 42.7 Å². The van der Waals surface area contributed by atoms with Crippen LogP contribution in [0.5, 0.6) is 0 Å². The zero-order valence-corrected chi connectivity index (χ0v) is 16.0. The quantitative estimate of drug-likeness (QED) is 0.883. The summed E-state index contributed by atoms with van der Waals surface area (Å²) in [6, 6.07) is 8.61. The van der Waals surface area contributed by atoms with Crippen LogP contribution in [-0.4, -0.2) is 48.0 Å². The van der Waals surface area contributed by atoms with Crippen LogP contribution >= 0.6 is 0 Å². The molecule has 27 heavy (non-hydrogen) atoms. The highest BCUT2D eigenvalue weighted by Gasteiger charge is 2.22. The smallest absolute Gasteiger partial charge is 0.259 e. The minimum Gasteiger partial charge on any atom is -0.311 e. The first kappa shape index (κ1) is 19.5. The van der Waals surface area contributed by atoms with Crippen molar-refractivity contribution in [2.24, 2.45) is 0 Å². The lowest BCUT2D eigenvalue weighted by Gasteiger charge is -2.28. The summed E-state index contributed by atoms with van der Waals surface area (Å²) in [5.74, 6) is -0.394. The van der Waals surface area contributed by atoms with E-state index in [1.165, 1.54) is 12.1 Å². The second-order valence-electron chi connectivity index (χ2n) is 7.13. The van der Waals surface area contributed by atoms with E-state index >= 15 is 0 Å². The number of carbonyl (C=O) groups is 1. The second-order valence-corrected chi connectivity index (χ2v) is 7.13. The second kappa shape index (κ2) is 9.06. The van der Waals surface area contributed by atoms with Gasteiger partial charge in [-0.25, -0.2) is 4.39 Å². The Morgan fingerprint density at radius 1 is 1.22 bits per heavy atom. The molecule has 1 N–H and O–H groups in total. The number of nitrogens with one attached hydrogen (secondary N) is 1. The molecule has 0 aliphatic carbocycles. The van der Waals surface area contributed by atoms with Crippen molar-refractivity contribution in [1.82, 2.24) is 15.2 Å². The number of rotatable bonds is 2. The van der Waals surface area contributed by atoms with Gasteiger partial charge in [-0.1, -0.05) is 0 Å². The van der Waals surface area contributed by atoms with Crippen LogP contribution in [0.2, 0.25) is 0 Å². The van der Waals surface area contributed by atoms with Crippen LogP contribution in [0.1, 0.15) is 36.2 Å². The van der Waals surface area contributed by atoms with Crippen LogP contribution in [0.25, 0.3) is 0 Å². The Hall–Kier alpha value is -2.31. The molecule has 0 spiro atoms. The zero-order chi connectivity index (χ0) is 19.2. The Morgan fingerprint density at radius 2 is 2.07 bits per heavy atom. The number of hydrogen-bond donors (Lipinski definition) is 1. The van der Waals surface area contributed by atoms with Crippen molar-refractivity contribution in [2.45, 2.75) is 32.9 Å². The number of aromatic nitrogens is 1. The van der Waals surface area contributed by atoms with Crippen LogP contribution in [-0.2, 0) is 6.54 Å². The number of fused-ring (bicyclic) bond motifs is 1. The largest absolute Gasteiger partial charge is 0.311 e. The Kier molecular flexibility index (Phi) is 6.53. The number of carbonyl (C=O) groups excluding carboxylic acids is 1. The third-order valence-corrected chi connectivity index (χ3v) is 4.93. The van der Waals surface area contributed by atoms with E-state index in [1.54, 1.807) is 35.5 Å². The molecule has 0 radical (unpaired) electrons. The number of nitrogens with zero attached hydrogens (tertiary/aromatic N) is 3. The molecule has 1 amide bonds. The molecule has 2 heterocycles. The predicted octanol–water partition coefficient (Wildman–Crippen LogP) is 3.07. The summed E-state index contributed by atoms with van der Waals surface area (Å²) in [7, 11) is 0. The van der Waals surface area contributed by atoms with Crippen molar-refractivity contribution in [3.8, 4) is 0 Å². The van der Waals surface area contributed by atoms with Gasteiger partial charge < -0.3 is 10.2 Å². The molecule has 2 aromatic rings. The molecule has 6 heteroatoms. The monoisotopic (exact) mass is 370 g/mol. The first-order valence-corrected chi connectivity index (χ1v) is 9.51. The van der Waals surface area contributed by atoms with Gasteiger partial charge in [-0.2, -0.15) is 0 Å². The summed E-state index contributed by atoms with van der Waals surface area (Å²) in [4.78, 5) is 21.4. The number of halogens is 1. The van der Waals surface area contributed by atoms with Crippen molar-refractivity contribution in [3.05, 3.63) is 59.7 Å². The summed E-state index contributed by atoms with van der Waals surface area (Å²) < 4.78 is 13.9. The Balaban J connectivity index is 1.94. The average molecular weight is 370 g/mol. The van der Waals surface area contributed by atoms with E-state index < -0.39 is 0 Å². The maximum absolute atomic E-state index is 13.9. The zero-order valence-electron chi connectivity index (χ0n) is 16.0. The van der Waals surface area contributed by atoms with Crippen LogP contribution < -0.4 is 10.2 Å². The minimum atomic E-state index is -0.289.